The van der Waals surface area contributed by atoms with Crippen molar-refractivity contribution in [1.29, 1.82) is 5.26 Å². The Hall–Kier alpha value is -3.18. The number of halogens is 1. The normalized spacial score (nSPS) is 18.2. The van der Waals surface area contributed by atoms with E-state index in [1.54, 1.807) is 18.0 Å². The van der Waals surface area contributed by atoms with Crippen LogP contribution in [0.3, 0.4) is 0 Å². The lowest BCUT2D eigenvalue weighted by Gasteiger charge is -2.34. The first kappa shape index (κ1) is 24.0. The van der Waals surface area contributed by atoms with Crippen molar-refractivity contribution in [3.05, 3.63) is 63.6 Å². The van der Waals surface area contributed by atoms with Crippen LogP contribution in [0.15, 0.2) is 46.9 Å². The van der Waals surface area contributed by atoms with Gasteiger partial charge >= 0.3 is 0 Å². The van der Waals surface area contributed by atoms with Gasteiger partial charge in [-0.2, -0.15) is 5.26 Å². The summed E-state index contributed by atoms with van der Waals surface area (Å²) in [5.41, 5.74) is 3.05. The molecule has 34 heavy (non-hydrogen) atoms. The number of carbonyl (C=O) groups excluding carboxylic acids is 3. The van der Waals surface area contributed by atoms with Gasteiger partial charge < -0.3 is 15.1 Å². The number of nitrogens with one attached hydrogen (secondary N) is 1. The van der Waals surface area contributed by atoms with Gasteiger partial charge in [0.1, 0.15) is 12.1 Å². The smallest absolute Gasteiger partial charge is 0.255 e. The number of benzene rings is 2. The van der Waals surface area contributed by atoms with Gasteiger partial charge in [0.15, 0.2) is 0 Å². The Labute approximate surface area is 207 Å². The van der Waals surface area contributed by atoms with Gasteiger partial charge in [-0.05, 0) is 54.2 Å². The van der Waals surface area contributed by atoms with Gasteiger partial charge in [-0.3, -0.25) is 14.4 Å². The van der Waals surface area contributed by atoms with Crippen LogP contribution in [0.1, 0.15) is 54.1 Å². The molecule has 3 atom stereocenters. The Morgan fingerprint density at radius 2 is 2.00 bits per heavy atom. The number of nitriles is 1. The monoisotopic (exact) mass is 522 g/mol. The fourth-order valence-electron chi connectivity index (χ4n) is 4.79. The number of para-hydroxylation sites is 1. The summed E-state index contributed by atoms with van der Waals surface area (Å²) >= 11 is 3.45. The van der Waals surface area contributed by atoms with Crippen LogP contribution in [-0.2, 0) is 16.1 Å². The van der Waals surface area contributed by atoms with Gasteiger partial charge in [0.2, 0.25) is 11.8 Å². The first-order chi connectivity index (χ1) is 16.2. The number of nitrogens with zero attached hydrogens (tertiary/aromatic N) is 3. The summed E-state index contributed by atoms with van der Waals surface area (Å²) in [6.07, 6.45) is 0.673. The highest BCUT2D eigenvalue weighted by Crippen LogP contribution is 2.36. The largest absolute Gasteiger partial charge is 0.328 e. The summed E-state index contributed by atoms with van der Waals surface area (Å²) in [5.74, 6) is -0.968. The maximum absolute atomic E-state index is 13.7. The van der Waals surface area contributed by atoms with E-state index in [0.717, 1.165) is 21.3 Å². The van der Waals surface area contributed by atoms with Gasteiger partial charge in [-0.15, -0.1) is 0 Å². The third-order valence-corrected chi connectivity index (χ3v) is 7.08. The predicted molar refractivity (Wildman–Crippen MR) is 132 cm³/mol. The van der Waals surface area contributed by atoms with E-state index in [4.69, 9.17) is 0 Å². The van der Waals surface area contributed by atoms with E-state index in [2.05, 4.69) is 27.3 Å². The highest BCUT2D eigenvalue weighted by molar-refractivity contribution is 9.10. The maximum Gasteiger partial charge on any atom is 0.255 e. The molecule has 0 radical (unpaired) electrons. The summed E-state index contributed by atoms with van der Waals surface area (Å²) in [4.78, 5) is 42.5. The van der Waals surface area contributed by atoms with Crippen LogP contribution in [-0.4, -0.2) is 46.7 Å². The molecule has 2 heterocycles. The SMILES string of the molecule is CC(C)C[C@@H](C(=O)N(C)[C@H](C#N)C[C@H]1C(=O)Nc2ccccc21)N1Cc2cc(Br)ccc2C1=O. The quantitative estimate of drug-likeness (QED) is 0.586. The summed E-state index contributed by atoms with van der Waals surface area (Å²) in [6, 6.07) is 13.6. The molecule has 0 aromatic heterocycles. The Bertz CT molecular complexity index is 1190. The van der Waals surface area contributed by atoms with Crippen molar-refractivity contribution in [3.8, 4) is 6.07 Å². The number of hydrogen-bond donors (Lipinski definition) is 1. The fourth-order valence-corrected chi connectivity index (χ4v) is 5.20. The molecule has 2 aromatic rings. The van der Waals surface area contributed by atoms with Crippen LogP contribution >= 0.6 is 15.9 Å². The average molecular weight is 523 g/mol. The zero-order valence-electron chi connectivity index (χ0n) is 19.4. The summed E-state index contributed by atoms with van der Waals surface area (Å²) in [6.45, 7) is 4.36. The van der Waals surface area contributed by atoms with Crippen LogP contribution < -0.4 is 5.32 Å². The molecule has 0 aliphatic carbocycles. The summed E-state index contributed by atoms with van der Waals surface area (Å²) in [7, 11) is 1.59. The molecular weight excluding hydrogens is 496 g/mol. The highest BCUT2D eigenvalue weighted by Gasteiger charge is 2.40. The first-order valence-electron chi connectivity index (χ1n) is 11.4. The Morgan fingerprint density at radius 3 is 2.71 bits per heavy atom. The minimum Gasteiger partial charge on any atom is -0.328 e. The molecule has 2 aliphatic heterocycles. The van der Waals surface area contributed by atoms with E-state index in [1.807, 2.05) is 50.2 Å². The molecule has 2 aliphatic rings. The molecule has 7 nitrogen and oxygen atoms in total. The lowest BCUT2D eigenvalue weighted by Crippen LogP contribution is -2.51. The predicted octanol–water partition coefficient (Wildman–Crippen LogP) is 4.30. The second kappa shape index (κ2) is 9.59. The van der Waals surface area contributed by atoms with Crippen molar-refractivity contribution in [2.75, 3.05) is 12.4 Å². The summed E-state index contributed by atoms with van der Waals surface area (Å²) in [5, 5.41) is 12.8. The number of anilines is 1. The maximum atomic E-state index is 13.7. The number of hydrogen-bond acceptors (Lipinski definition) is 4. The number of likely N-dealkylation sites (N-methyl/N-ethyl adjacent to an activating group) is 1. The van der Waals surface area contributed by atoms with Gasteiger partial charge in [-0.1, -0.05) is 48.0 Å². The number of fused-ring (bicyclic) bond motifs is 2. The van der Waals surface area contributed by atoms with Gasteiger partial charge in [0.25, 0.3) is 5.91 Å². The average Bonchev–Trinajstić information content (AvgIpc) is 3.30. The molecule has 1 N–H and O–H groups in total. The number of rotatable bonds is 7. The lowest BCUT2D eigenvalue weighted by molar-refractivity contribution is -0.137. The van der Waals surface area contributed by atoms with Crippen molar-refractivity contribution in [3.63, 3.8) is 0 Å². The number of carbonyl (C=O) groups is 3. The molecule has 176 valence electrons. The molecular formula is C26H27BrN4O3. The van der Waals surface area contributed by atoms with Crippen LogP contribution in [0, 0.1) is 17.2 Å². The van der Waals surface area contributed by atoms with E-state index in [1.165, 1.54) is 4.90 Å². The molecule has 4 rings (SSSR count). The van der Waals surface area contributed by atoms with Crippen LogP contribution in [0.4, 0.5) is 5.69 Å². The van der Waals surface area contributed by atoms with Crippen molar-refractivity contribution in [2.45, 2.75) is 51.2 Å². The second-order valence-electron chi connectivity index (χ2n) is 9.34. The second-order valence-corrected chi connectivity index (χ2v) is 10.3. The van der Waals surface area contributed by atoms with Gasteiger partial charge in [0, 0.05) is 29.3 Å². The zero-order chi connectivity index (χ0) is 24.6. The number of amides is 3. The zero-order valence-corrected chi connectivity index (χ0v) is 21.0. The third kappa shape index (κ3) is 4.45. The van der Waals surface area contributed by atoms with Crippen molar-refractivity contribution in [1.82, 2.24) is 9.80 Å². The highest BCUT2D eigenvalue weighted by atomic mass is 79.9. The minimum absolute atomic E-state index is 0.165. The van der Waals surface area contributed by atoms with Gasteiger partial charge in [0.05, 0.1) is 12.0 Å². The van der Waals surface area contributed by atoms with Crippen LogP contribution in [0.2, 0.25) is 0 Å². The van der Waals surface area contributed by atoms with Crippen molar-refractivity contribution < 1.29 is 14.4 Å². The topological polar surface area (TPSA) is 93.5 Å². The molecule has 0 bridgehead atoms. The molecule has 0 saturated carbocycles. The van der Waals surface area contributed by atoms with E-state index in [0.29, 0.717) is 18.5 Å². The molecule has 3 amide bonds. The Balaban J connectivity index is 1.56. The fraction of sp³-hybridized carbons (Fsp3) is 0.385. The van der Waals surface area contributed by atoms with E-state index >= 15 is 0 Å². The molecule has 0 fully saturated rings. The third-order valence-electron chi connectivity index (χ3n) is 6.59. The molecule has 0 unspecified atom stereocenters. The molecule has 8 heteroatoms. The van der Waals surface area contributed by atoms with E-state index in [9.17, 15) is 19.6 Å². The van der Waals surface area contributed by atoms with E-state index < -0.39 is 18.0 Å². The van der Waals surface area contributed by atoms with Crippen molar-refractivity contribution in [2.24, 2.45) is 5.92 Å². The van der Waals surface area contributed by atoms with Gasteiger partial charge in [-0.25, -0.2) is 0 Å². The molecule has 2 aromatic carbocycles. The summed E-state index contributed by atoms with van der Waals surface area (Å²) < 4.78 is 0.879. The van der Waals surface area contributed by atoms with Crippen LogP contribution in [0.25, 0.3) is 0 Å². The lowest BCUT2D eigenvalue weighted by atomic mass is 9.92. The van der Waals surface area contributed by atoms with E-state index in [-0.39, 0.29) is 30.1 Å². The Kier molecular flexibility index (Phi) is 6.76. The molecule has 0 saturated heterocycles. The van der Waals surface area contributed by atoms with Crippen LogP contribution in [0.5, 0.6) is 0 Å². The molecule has 0 spiro atoms. The Morgan fingerprint density at radius 1 is 1.26 bits per heavy atom. The van der Waals surface area contributed by atoms with Crippen molar-refractivity contribution >= 4 is 39.3 Å². The first-order valence-corrected chi connectivity index (χ1v) is 12.2. The minimum atomic E-state index is -0.807. The standard InChI is InChI=1S/C26H27BrN4O3/c1-15(2)10-23(31-14-16-11-17(27)8-9-19(16)25(31)33)26(34)30(3)18(13-28)12-21-20-6-4-5-7-22(20)29-24(21)32/h4-9,11,15,18,21,23H,10,12,14H2,1-3H3,(H,29,32)/t18-,21+,23-/m0/s1.